The van der Waals surface area contributed by atoms with Crippen LogP contribution in [-0.4, -0.2) is 37.6 Å². The molecule has 1 amide bonds. The van der Waals surface area contributed by atoms with Gasteiger partial charge in [-0.25, -0.2) is 14.3 Å². The molecule has 0 N–H and O–H groups in total. The highest BCUT2D eigenvalue weighted by Gasteiger charge is 2.39. The SMILES string of the molecule is O=CN(Cc1ccccc1)c1cccc(-c2nn(C3CCCCO3)c3ccc(-c4ncn(C(c5ccccc5)(c5ccccc5)c5ccccc5)n4)cc23)c1. The van der Waals surface area contributed by atoms with Crippen molar-refractivity contribution in [3.63, 3.8) is 0 Å². The van der Waals surface area contributed by atoms with Gasteiger partial charge >= 0.3 is 0 Å². The number of benzene rings is 6. The summed E-state index contributed by atoms with van der Waals surface area (Å²) in [5, 5.41) is 11.5. The van der Waals surface area contributed by atoms with Crippen molar-refractivity contribution >= 4 is 23.0 Å². The highest BCUT2D eigenvalue weighted by Crippen LogP contribution is 2.41. The summed E-state index contributed by atoms with van der Waals surface area (Å²) in [5.41, 5.74) is 7.85. The molecule has 0 aliphatic carbocycles. The number of hydrogen-bond donors (Lipinski definition) is 0. The summed E-state index contributed by atoms with van der Waals surface area (Å²) in [4.78, 5) is 19.1. The van der Waals surface area contributed by atoms with E-state index >= 15 is 0 Å². The number of aromatic nitrogens is 5. The molecule has 0 radical (unpaired) electrons. The lowest BCUT2D eigenvalue weighted by Crippen LogP contribution is -2.38. The minimum atomic E-state index is -0.780. The molecule has 1 unspecified atom stereocenters. The third-order valence-electron chi connectivity index (χ3n) is 10.6. The Labute approximate surface area is 320 Å². The number of fused-ring (bicyclic) bond motifs is 1. The predicted molar refractivity (Wildman–Crippen MR) is 216 cm³/mol. The van der Waals surface area contributed by atoms with Crippen molar-refractivity contribution in [2.24, 2.45) is 0 Å². The van der Waals surface area contributed by atoms with Crippen molar-refractivity contribution in [3.8, 4) is 22.6 Å². The second kappa shape index (κ2) is 15.0. The fourth-order valence-corrected chi connectivity index (χ4v) is 7.92. The second-order valence-corrected chi connectivity index (χ2v) is 13.9. The smallest absolute Gasteiger partial charge is 0.214 e. The van der Waals surface area contributed by atoms with E-state index in [1.807, 2.05) is 82.4 Å². The Bertz CT molecular complexity index is 2430. The fourth-order valence-electron chi connectivity index (χ4n) is 7.92. The number of hydrogen-bond acceptors (Lipinski definition) is 5. The molecule has 2 aromatic heterocycles. The molecule has 1 atom stereocenters. The standard InChI is InChI=1S/C47H40N6O2/c54-34-51(32-35-16-5-1-6-17-35)41-25-15-18-36(30-41)45-42-31-37(27-28-43(42)53(49-45)44-26-13-14-29-55-44)46-48-33-52(50-46)47(38-19-7-2-8-20-38,39-21-9-3-10-22-39)40-23-11-4-12-24-40/h1-12,15-25,27-28,30-31,33-34,44H,13-14,26,29,32H2. The van der Waals surface area contributed by atoms with E-state index in [2.05, 4.69) is 97.1 Å². The lowest BCUT2D eigenvalue weighted by atomic mass is 9.77. The van der Waals surface area contributed by atoms with E-state index in [0.717, 1.165) is 81.3 Å². The maximum absolute atomic E-state index is 12.4. The molecule has 0 bridgehead atoms. The molecule has 6 aromatic carbocycles. The molecule has 1 aliphatic heterocycles. The molecule has 8 heteroatoms. The van der Waals surface area contributed by atoms with Crippen LogP contribution in [0, 0.1) is 0 Å². The van der Waals surface area contributed by atoms with Gasteiger partial charge in [0.05, 0.1) is 12.1 Å². The number of amides is 1. The zero-order chi connectivity index (χ0) is 37.0. The maximum Gasteiger partial charge on any atom is 0.214 e. The first kappa shape index (κ1) is 34.1. The molecule has 8 aromatic rings. The van der Waals surface area contributed by atoms with E-state index in [9.17, 15) is 4.79 Å². The molecule has 3 heterocycles. The van der Waals surface area contributed by atoms with Gasteiger partial charge in [0, 0.05) is 28.8 Å². The van der Waals surface area contributed by atoms with Crippen molar-refractivity contribution in [2.45, 2.75) is 37.6 Å². The van der Waals surface area contributed by atoms with Crippen LogP contribution in [0.3, 0.4) is 0 Å². The van der Waals surface area contributed by atoms with Crippen LogP contribution in [0.4, 0.5) is 5.69 Å². The summed E-state index contributed by atoms with van der Waals surface area (Å²) >= 11 is 0. The van der Waals surface area contributed by atoms with E-state index in [1.54, 1.807) is 4.90 Å². The monoisotopic (exact) mass is 720 g/mol. The molecule has 0 saturated carbocycles. The number of anilines is 1. The van der Waals surface area contributed by atoms with Gasteiger partial charge in [-0.1, -0.05) is 133 Å². The molecular formula is C47H40N6O2. The normalized spacial score (nSPS) is 14.5. The molecule has 9 rings (SSSR count). The quantitative estimate of drug-likeness (QED) is 0.0983. The van der Waals surface area contributed by atoms with Gasteiger partial charge in [-0.2, -0.15) is 5.10 Å². The molecule has 8 nitrogen and oxygen atoms in total. The average molecular weight is 721 g/mol. The van der Waals surface area contributed by atoms with Crippen molar-refractivity contribution in [2.75, 3.05) is 11.5 Å². The van der Waals surface area contributed by atoms with Crippen LogP contribution >= 0.6 is 0 Å². The van der Waals surface area contributed by atoms with Crippen molar-refractivity contribution in [3.05, 3.63) is 192 Å². The predicted octanol–water partition coefficient (Wildman–Crippen LogP) is 9.66. The molecule has 1 aliphatic rings. The average Bonchev–Trinajstić information content (AvgIpc) is 3.91. The first-order chi connectivity index (χ1) is 27.2. The van der Waals surface area contributed by atoms with Gasteiger partial charge in [0.15, 0.2) is 12.1 Å². The Hall–Kier alpha value is -6.64. The van der Waals surface area contributed by atoms with E-state index in [4.69, 9.17) is 19.9 Å². The topological polar surface area (TPSA) is 78.1 Å². The first-order valence-electron chi connectivity index (χ1n) is 18.8. The molecule has 270 valence electrons. The Morgan fingerprint density at radius 2 is 1.35 bits per heavy atom. The van der Waals surface area contributed by atoms with E-state index in [-0.39, 0.29) is 6.23 Å². The Morgan fingerprint density at radius 3 is 1.96 bits per heavy atom. The Morgan fingerprint density at radius 1 is 0.691 bits per heavy atom. The van der Waals surface area contributed by atoms with E-state index < -0.39 is 5.54 Å². The van der Waals surface area contributed by atoms with Crippen molar-refractivity contribution in [1.29, 1.82) is 0 Å². The number of carbonyl (C=O) groups excluding carboxylic acids is 1. The van der Waals surface area contributed by atoms with Crippen LogP contribution < -0.4 is 4.90 Å². The molecular weight excluding hydrogens is 681 g/mol. The third kappa shape index (κ3) is 6.40. The number of carbonyl (C=O) groups is 1. The van der Waals surface area contributed by atoms with Gasteiger partial charge in [0.25, 0.3) is 0 Å². The minimum Gasteiger partial charge on any atom is -0.356 e. The highest BCUT2D eigenvalue weighted by atomic mass is 16.5. The van der Waals surface area contributed by atoms with Crippen LogP contribution in [0.25, 0.3) is 33.5 Å². The van der Waals surface area contributed by atoms with Gasteiger partial charge in [-0.05, 0) is 71.8 Å². The summed E-state index contributed by atoms with van der Waals surface area (Å²) < 4.78 is 10.3. The van der Waals surface area contributed by atoms with Gasteiger partial charge < -0.3 is 9.64 Å². The largest absolute Gasteiger partial charge is 0.356 e. The van der Waals surface area contributed by atoms with Crippen molar-refractivity contribution in [1.82, 2.24) is 24.5 Å². The van der Waals surface area contributed by atoms with Crippen LogP contribution in [0.15, 0.2) is 170 Å². The lowest BCUT2D eigenvalue weighted by molar-refractivity contribution is -0.107. The maximum atomic E-state index is 12.4. The number of rotatable bonds is 11. The number of nitrogens with zero attached hydrogens (tertiary/aromatic N) is 6. The lowest BCUT2D eigenvalue weighted by Gasteiger charge is -2.35. The van der Waals surface area contributed by atoms with Gasteiger partial charge in [0.1, 0.15) is 17.6 Å². The van der Waals surface area contributed by atoms with Crippen LogP contribution in [0.2, 0.25) is 0 Å². The van der Waals surface area contributed by atoms with Gasteiger partial charge in [-0.15, -0.1) is 5.10 Å². The summed E-state index contributed by atoms with van der Waals surface area (Å²) in [5.74, 6) is 0.602. The summed E-state index contributed by atoms with van der Waals surface area (Å²) in [6, 6.07) is 55.8. The molecule has 0 spiro atoms. The zero-order valence-electron chi connectivity index (χ0n) is 30.4. The van der Waals surface area contributed by atoms with Crippen molar-refractivity contribution < 1.29 is 9.53 Å². The third-order valence-corrected chi connectivity index (χ3v) is 10.6. The molecule has 55 heavy (non-hydrogen) atoms. The minimum absolute atomic E-state index is 0.163. The fraction of sp³-hybridized carbons (Fsp3) is 0.149. The van der Waals surface area contributed by atoms with E-state index in [0.29, 0.717) is 19.0 Å². The summed E-state index contributed by atoms with van der Waals surface area (Å²) in [6.45, 7) is 1.17. The van der Waals surface area contributed by atoms with Gasteiger partial charge in [-0.3, -0.25) is 4.79 Å². The zero-order valence-corrected chi connectivity index (χ0v) is 30.4. The summed E-state index contributed by atoms with van der Waals surface area (Å²) in [6.07, 6.45) is 5.58. The Kier molecular flexibility index (Phi) is 9.32. The highest BCUT2D eigenvalue weighted by molar-refractivity contribution is 5.96. The van der Waals surface area contributed by atoms with E-state index in [1.165, 1.54) is 0 Å². The molecule has 1 fully saturated rings. The van der Waals surface area contributed by atoms with Crippen LogP contribution in [-0.2, 0) is 21.6 Å². The first-order valence-corrected chi connectivity index (χ1v) is 18.8. The summed E-state index contributed by atoms with van der Waals surface area (Å²) in [7, 11) is 0. The Balaban J connectivity index is 1.18. The van der Waals surface area contributed by atoms with Crippen LogP contribution in [0.1, 0.15) is 47.7 Å². The van der Waals surface area contributed by atoms with Crippen LogP contribution in [0.5, 0.6) is 0 Å². The second-order valence-electron chi connectivity index (χ2n) is 13.9. The molecule has 1 saturated heterocycles. The number of ether oxygens (including phenoxy) is 1. The van der Waals surface area contributed by atoms with Gasteiger partial charge in [0.2, 0.25) is 6.41 Å².